The molecule has 2 N–H and O–H groups in total. The van der Waals surface area contributed by atoms with Crippen molar-refractivity contribution in [1.82, 2.24) is 20.2 Å². The summed E-state index contributed by atoms with van der Waals surface area (Å²) in [5.41, 5.74) is -0.786. The highest BCUT2D eigenvalue weighted by atomic mass is 16.4. The van der Waals surface area contributed by atoms with Gasteiger partial charge in [0.05, 0.1) is 11.5 Å². The molecule has 1 aliphatic carbocycles. The molecule has 1 heterocycles. The second-order valence-corrected chi connectivity index (χ2v) is 3.97. The van der Waals surface area contributed by atoms with Gasteiger partial charge in [0, 0.05) is 6.54 Å². The number of aryl methyl sites for hydroxylation is 1. The first-order valence-electron chi connectivity index (χ1n) is 4.75. The van der Waals surface area contributed by atoms with Crippen LogP contribution in [0.3, 0.4) is 0 Å². The minimum atomic E-state index is -0.846. The van der Waals surface area contributed by atoms with Crippen LogP contribution in [-0.4, -0.2) is 42.5 Å². The van der Waals surface area contributed by atoms with Gasteiger partial charge in [-0.05, 0) is 29.7 Å². The van der Waals surface area contributed by atoms with Gasteiger partial charge in [-0.2, -0.15) is 0 Å². The van der Waals surface area contributed by atoms with E-state index < -0.39 is 17.5 Å². The molecule has 1 fully saturated rings. The fourth-order valence-electron chi connectivity index (χ4n) is 1.94. The summed E-state index contributed by atoms with van der Waals surface area (Å²) in [5.74, 6) is -0.846. The number of aliphatic carboxylic acids is 1. The Balaban J connectivity index is 1.94. The standard InChI is InChI=1S/C8H12N4O3/c13-6-3-8(4-6,7(14)15)1-2-12-5-9-10-11-12/h5-6,13H,1-4H2,(H,14,15). The molecule has 0 atom stereocenters. The number of carboxylic acid groups (broad SMARTS) is 1. The van der Waals surface area contributed by atoms with Gasteiger partial charge in [0.15, 0.2) is 0 Å². The molecule has 0 saturated heterocycles. The van der Waals surface area contributed by atoms with Crippen LogP contribution in [0.2, 0.25) is 0 Å². The number of aromatic nitrogens is 4. The van der Waals surface area contributed by atoms with Gasteiger partial charge in [-0.25, -0.2) is 4.68 Å². The molecular formula is C8H12N4O3. The molecule has 0 spiro atoms. The molecular weight excluding hydrogens is 200 g/mol. The average Bonchev–Trinajstić information content (AvgIpc) is 2.62. The number of carbonyl (C=O) groups is 1. The van der Waals surface area contributed by atoms with Gasteiger partial charge in [0.1, 0.15) is 6.33 Å². The van der Waals surface area contributed by atoms with Gasteiger partial charge < -0.3 is 10.2 Å². The van der Waals surface area contributed by atoms with E-state index in [0.29, 0.717) is 25.8 Å². The van der Waals surface area contributed by atoms with E-state index in [4.69, 9.17) is 5.11 Å². The molecule has 1 saturated carbocycles. The number of rotatable bonds is 4. The predicted molar refractivity (Wildman–Crippen MR) is 47.7 cm³/mol. The zero-order valence-electron chi connectivity index (χ0n) is 8.07. The molecule has 1 aromatic heterocycles. The van der Waals surface area contributed by atoms with E-state index in [2.05, 4.69) is 15.5 Å². The zero-order valence-corrected chi connectivity index (χ0v) is 8.07. The maximum atomic E-state index is 11.0. The zero-order chi connectivity index (χ0) is 10.9. The Bertz CT molecular complexity index is 345. The fraction of sp³-hybridized carbons (Fsp3) is 0.750. The van der Waals surface area contributed by atoms with Crippen molar-refractivity contribution in [1.29, 1.82) is 0 Å². The van der Waals surface area contributed by atoms with Crippen LogP contribution in [0.25, 0.3) is 0 Å². The van der Waals surface area contributed by atoms with E-state index >= 15 is 0 Å². The van der Waals surface area contributed by atoms with Crippen molar-refractivity contribution in [3.8, 4) is 0 Å². The van der Waals surface area contributed by atoms with Crippen LogP contribution in [0.1, 0.15) is 19.3 Å². The van der Waals surface area contributed by atoms with E-state index in [1.165, 1.54) is 11.0 Å². The van der Waals surface area contributed by atoms with Crippen LogP contribution in [0.15, 0.2) is 6.33 Å². The Morgan fingerprint density at radius 2 is 2.33 bits per heavy atom. The van der Waals surface area contributed by atoms with Gasteiger partial charge in [0.2, 0.25) is 0 Å². The lowest BCUT2D eigenvalue weighted by Gasteiger charge is -2.41. The lowest BCUT2D eigenvalue weighted by atomic mass is 9.65. The summed E-state index contributed by atoms with van der Waals surface area (Å²) >= 11 is 0. The maximum Gasteiger partial charge on any atom is 0.309 e. The van der Waals surface area contributed by atoms with Crippen molar-refractivity contribution in [2.75, 3.05) is 0 Å². The van der Waals surface area contributed by atoms with Crippen molar-refractivity contribution >= 4 is 5.97 Å². The monoisotopic (exact) mass is 212 g/mol. The minimum absolute atomic E-state index is 0.324. The quantitative estimate of drug-likeness (QED) is 0.683. The molecule has 7 heteroatoms. The molecule has 0 radical (unpaired) electrons. The summed E-state index contributed by atoms with van der Waals surface area (Å²) in [4.78, 5) is 11.0. The van der Waals surface area contributed by atoms with Crippen LogP contribution in [0.4, 0.5) is 0 Å². The molecule has 15 heavy (non-hydrogen) atoms. The SMILES string of the molecule is O=C(O)C1(CCn2cnnn2)CC(O)C1. The first-order valence-corrected chi connectivity index (χ1v) is 4.75. The Morgan fingerprint density at radius 1 is 1.60 bits per heavy atom. The third-order valence-electron chi connectivity index (χ3n) is 2.92. The number of hydrogen-bond acceptors (Lipinski definition) is 5. The lowest BCUT2D eigenvalue weighted by Crippen LogP contribution is -2.47. The lowest BCUT2D eigenvalue weighted by molar-refractivity contribution is -0.164. The number of carboxylic acids is 1. The third-order valence-corrected chi connectivity index (χ3v) is 2.92. The Kier molecular flexibility index (Phi) is 2.39. The smallest absolute Gasteiger partial charge is 0.309 e. The highest BCUT2D eigenvalue weighted by Crippen LogP contribution is 2.44. The summed E-state index contributed by atoms with van der Waals surface area (Å²) in [7, 11) is 0. The number of tetrazole rings is 1. The third kappa shape index (κ3) is 1.82. The second kappa shape index (κ2) is 3.58. The van der Waals surface area contributed by atoms with Crippen molar-refractivity contribution in [3.05, 3.63) is 6.33 Å². The first kappa shape index (κ1) is 10.0. The largest absolute Gasteiger partial charge is 0.481 e. The van der Waals surface area contributed by atoms with E-state index in [1.54, 1.807) is 0 Å². The van der Waals surface area contributed by atoms with Gasteiger partial charge >= 0.3 is 5.97 Å². The number of aliphatic hydroxyl groups excluding tert-OH is 1. The first-order chi connectivity index (χ1) is 7.12. The summed E-state index contributed by atoms with van der Waals surface area (Å²) in [6, 6.07) is 0. The molecule has 1 aliphatic rings. The molecule has 82 valence electrons. The second-order valence-electron chi connectivity index (χ2n) is 3.97. The van der Waals surface area contributed by atoms with Gasteiger partial charge in [-0.3, -0.25) is 4.79 Å². The summed E-state index contributed by atoms with van der Waals surface area (Å²) in [6.45, 7) is 0.464. The highest BCUT2D eigenvalue weighted by molar-refractivity contribution is 5.76. The van der Waals surface area contributed by atoms with E-state index in [-0.39, 0.29) is 0 Å². The fourth-order valence-corrected chi connectivity index (χ4v) is 1.94. The summed E-state index contributed by atoms with van der Waals surface area (Å²) < 4.78 is 1.50. The molecule has 0 aromatic carbocycles. The van der Waals surface area contributed by atoms with Crippen molar-refractivity contribution < 1.29 is 15.0 Å². The molecule has 0 aliphatic heterocycles. The maximum absolute atomic E-state index is 11.0. The molecule has 0 unspecified atom stereocenters. The van der Waals surface area contributed by atoms with Crippen LogP contribution in [0.5, 0.6) is 0 Å². The topological polar surface area (TPSA) is 101 Å². The molecule has 0 amide bonds. The Morgan fingerprint density at radius 3 is 2.80 bits per heavy atom. The van der Waals surface area contributed by atoms with Gasteiger partial charge in [0.25, 0.3) is 0 Å². The highest BCUT2D eigenvalue weighted by Gasteiger charge is 2.49. The summed E-state index contributed by atoms with van der Waals surface area (Å²) in [5, 5.41) is 28.8. The van der Waals surface area contributed by atoms with Crippen LogP contribution in [0, 0.1) is 5.41 Å². The Hall–Kier alpha value is -1.50. The number of hydrogen-bond donors (Lipinski definition) is 2. The molecule has 1 aromatic rings. The van der Waals surface area contributed by atoms with E-state index in [9.17, 15) is 9.90 Å². The average molecular weight is 212 g/mol. The number of nitrogens with zero attached hydrogens (tertiary/aromatic N) is 4. The predicted octanol–water partition coefficient (Wildman–Crippen LogP) is -0.711. The normalized spacial score (nSPS) is 29.8. The van der Waals surface area contributed by atoms with Gasteiger partial charge in [-0.1, -0.05) is 0 Å². The molecule has 7 nitrogen and oxygen atoms in total. The van der Waals surface area contributed by atoms with E-state index in [0.717, 1.165) is 0 Å². The van der Waals surface area contributed by atoms with Crippen molar-refractivity contribution in [2.45, 2.75) is 31.9 Å². The van der Waals surface area contributed by atoms with Gasteiger partial charge in [-0.15, -0.1) is 5.10 Å². The van der Waals surface area contributed by atoms with E-state index in [1.807, 2.05) is 0 Å². The van der Waals surface area contributed by atoms with Crippen molar-refractivity contribution in [2.24, 2.45) is 5.41 Å². The van der Waals surface area contributed by atoms with Crippen LogP contribution < -0.4 is 0 Å². The number of aliphatic hydroxyl groups is 1. The minimum Gasteiger partial charge on any atom is -0.481 e. The Labute approximate surface area is 85.7 Å². The van der Waals surface area contributed by atoms with Crippen LogP contribution in [-0.2, 0) is 11.3 Å². The molecule has 0 bridgehead atoms. The molecule has 2 rings (SSSR count). The summed E-state index contributed by atoms with van der Waals surface area (Å²) in [6.07, 6.45) is 2.07. The van der Waals surface area contributed by atoms with Crippen molar-refractivity contribution in [3.63, 3.8) is 0 Å². The van der Waals surface area contributed by atoms with Crippen LogP contribution >= 0.6 is 0 Å².